The van der Waals surface area contributed by atoms with Crippen molar-refractivity contribution in [2.45, 2.75) is 50.5 Å². The van der Waals surface area contributed by atoms with Gasteiger partial charge in [-0.05, 0) is 79.9 Å². The Morgan fingerprint density at radius 1 is 1.18 bits per heavy atom. The lowest BCUT2D eigenvalue weighted by Crippen LogP contribution is -2.38. The molecule has 154 valence electrons. The molecule has 3 rings (SSSR count). The third-order valence-corrected chi connectivity index (χ3v) is 7.31. The molecule has 0 saturated carbocycles. The number of nitrogens with one attached hydrogen (secondary N) is 1. The molecule has 2 aromatic rings. The van der Waals surface area contributed by atoms with Crippen LogP contribution in [0.15, 0.2) is 39.9 Å². The van der Waals surface area contributed by atoms with E-state index in [2.05, 4.69) is 26.4 Å². The molecule has 2 heterocycles. The number of ether oxygens (including phenoxy) is 1. The molecule has 28 heavy (non-hydrogen) atoms. The van der Waals surface area contributed by atoms with Crippen LogP contribution in [0.1, 0.15) is 49.8 Å². The molecule has 1 aliphatic heterocycles. The SMILES string of the molecule is CCOc1ccc(C)cc1S(=O)(=O)NCC(c1ccsc1)N1CCCCCC1. The summed E-state index contributed by atoms with van der Waals surface area (Å²) in [6.45, 7) is 6.55. The highest BCUT2D eigenvalue weighted by molar-refractivity contribution is 7.89. The van der Waals surface area contributed by atoms with Gasteiger partial charge in [0.25, 0.3) is 0 Å². The Morgan fingerprint density at radius 2 is 1.93 bits per heavy atom. The summed E-state index contributed by atoms with van der Waals surface area (Å²) in [5.74, 6) is 0.405. The molecule has 1 saturated heterocycles. The highest BCUT2D eigenvalue weighted by Gasteiger charge is 2.26. The summed E-state index contributed by atoms with van der Waals surface area (Å²) in [5.41, 5.74) is 2.08. The number of hydrogen-bond donors (Lipinski definition) is 1. The van der Waals surface area contributed by atoms with E-state index in [1.807, 2.05) is 19.9 Å². The van der Waals surface area contributed by atoms with Crippen molar-refractivity contribution >= 4 is 21.4 Å². The second-order valence-electron chi connectivity index (χ2n) is 7.26. The Hall–Kier alpha value is -1.41. The lowest BCUT2D eigenvalue weighted by molar-refractivity contribution is 0.206. The van der Waals surface area contributed by atoms with Gasteiger partial charge in [0.1, 0.15) is 10.6 Å². The fourth-order valence-corrected chi connectivity index (χ4v) is 5.67. The number of rotatable bonds is 8. The molecule has 1 aliphatic rings. The normalized spacial score (nSPS) is 17.2. The van der Waals surface area contributed by atoms with Gasteiger partial charge in [-0.3, -0.25) is 4.90 Å². The van der Waals surface area contributed by atoms with Crippen molar-refractivity contribution in [1.82, 2.24) is 9.62 Å². The summed E-state index contributed by atoms with van der Waals surface area (Å²) in [6, 6.07) is 7.44. The summed E-state index contributed by atoms with van der Waals surface area (Å²) in [6.07, 6.45) is 4.83. The first-order chi connectivity index (χ1) is 13.5. The van der Waals surface area contributed by atoms with Gasteiger partial charge in [-0.15, -0.1) is 0 Å². The van der Waals surface area contributed by atoms with Gasteiger partial charge in [-0.1, -0.05) is 18.9 Å². The zero-order valence-electron chi connectivity index (χ0n) is 16.7. The Bertz CT molecular complexity index is 843. The molecule has 1 aromatic carbocycles. The molecule has 1 atom stereocenters. The van der Waals surface area contributed by atoms with Crippen molar-refractivity contribution in [3.8, 4) is 5.75 Å². The Morgan fingerprint density at radius 3 is 2.57 bits per heavy atom. The van der Waals surface area contributed by atoms with Crippen LogP contribution in [-0.4, -0.2) is 39.6 Å². The van der Waals surface area contributed by atoms with Crippen LogP contribution in [0.3, 0.4) is 0 Å². The van der Waals surface area contributed by atoms with E-state index in [4.69, 9.17) is 4.74 Å². The largest absolute Gasteiger partial charge is 0.492 e. The monoisotopic (exact) mass is 422 g/mol. The number of likely N-dealkylation sites (tertiary alicyclic amines) is 1. The first-order valence-corrected chi connectivity index (χ1v) is 12.4. The van der Waals surface area contributed by atoms with Crippen molar-refractivity contribution in [2.75, 3.05) is 26.2 Å². The van der Waals surface area contributed by atoms with Crippen LogP contribution in [0, 0.1) is 6.92 Å². The topological polar surface area (TPSA) is 58.6 Å². The Balaban J connectivity index is 1.81. The molecule has 0 spiro atoms. The lowest BCUT2D eigenvalue weighted by Gasteiger charge is -2.30. The zero-order chi connectivity index (χ0) is 20.0. The summed E-state index contributed by atoms with van der Waals surface area (Å²) in [4.78, 5) is 2.64. The van der Waals surface area contributed by atoms with Crippen LogP contribution in [0.4, 0.5) is 0 Å². The van der Waals surface area contributed by atoms with Crippen molar-refractivity contribution in [2.24, 2.45) is 0 Å². The fraction of sp³-hybridized carbons (Fsp3) is 0.524. The molecular weight excluding hydrogens is 392 g/mol. The van der Waals surface area contributed by atoms with Gasteiger partial charge in [-0.25, -0.2) is 13.1 Å². The molecule has 1 aromatic heterocycles. The Labute approximate surface area is 172 Å². The van der Waals surface area contributed by atoms with E-state index >= 15 is 0 Å². The van der Waals surface area contributed by atoms with Gasteiger partial charge in [0.2, 0.25) is 10.0 Å². The van der Waals surface area contributed by atoms with Crippen LogP contribution in [0.5, 0.6) is 5.75 Å². The predicted molar refractivity (Wildman–Crippen MR) is 115 cm³/mol. The average Bonchev–Trinajstić information content (AvgIpc) is 3.06. The van der Waals surface area contributed by atoms with Crippen molar-refractivity contribution < 1.29 is 13.2 Å². The van der Waals surface area contributed by atoms with E-state index < -0.39 is 10.0 Å². The minimum atomic E-state index is -3.67. The van der Waals surface area contributed by atoms with Gasteiger partial charge >= 0.3 is 0 Å². The van der Waals surface area contributed by atoms with Crippen LogP contribution >= 0.6 is 11.3 Å². The zero-order valence-corrected chi connectivity index (χ0v) is 18.3. The fourth-order valence-electron chi connectivity index (χ4n) is 3.70. The first-order valence-electron chi connectivity index (χ1n) is 10.0. The lowest BCUT2D eigenvalue weighted by atomic mass is 10.1. The minimum Gasteiger partial charge on any atom is -0.492 e. The Kier molecular flexibility index (Phi) is 7.51. The molecular formula is C21H30N2O3S2. The molecule has 7 heteroatoms. The quantitative estimate of drug-likeness (QED) is 0.687. The number of nitrogens with zero attached hydrogens (tertiary/aromatic N) is 1. The van der Waals surface area contributed by atoms with Crippen molar-refractivity contribution in [3.05, 3.63) is 46.2 Å². The summed E-state index contributed by atoms with van der Waals surface area (Å²) < 4.78 is 34.6. The second kappa shape index (κ2) is 9.87. The number of benzene rings is 1. The summed E-state index contributed by atoms with van der Waals surface area (Å²) in [5, 5.41) is 4.19. The number of aryl methyl sites for hydroxylation is 1. The van der Waals surface area contributed by atoms with E-state index in [1.165, 1.54) is 31.2 Å². The van der Waals surface area contributed by atoms with Gasteiger partial charge in [0, 0.05) is 12.6 Å². The van der Waals surface area contributed by atoms with E-state index in [9.17, 15) is 8.42 Å². The molecule has 1 fully saturated rings. The van der Waals surface area contributed by atoms with Gasteiger partial charge in [0.15, 0.2) is 0 Å². The standard InChI is InChI=1S/C21H30N2O3S2/c1-3-26-20-9-8-17(2)14-21(20)28(24,25)22-15-19(18-10-13-27-16-18)23-11-6-4-5-7-12-23/h8-10,13-14,16,19,22H,3-7,11-12,15H2,1-2H3. The maximum absolute atomic E-state index is 13.1. The van der Waals surface area contributed by atoms with Crippen LogP contribution in [0.25, 0.3) is 0 Å². The van der Waals surface area contributed by atoms with Gasteiger partial charge in [0.05, 0.1) is 6.61 Å². The smallest absolute Gasteiger partial charge is 0.244 e. The minimum absolute atomic E-state index is 0.0551. The molecule has 1 N–H and O–H groups in total. The van der Waals surface area contributed by atoms with Gasteiger partial charge < -0.3 is 4.74 Å². The third kappa shape index (κ3) is 5.35. The van der Waals surface area contributed by atoms with Crippen molar-refractivity contribution in [3.63, 3.8) is 0 Å². The van der Waals surface area contributed by atoms with Crippen LogP contribution < -0.4 is 9.46 Å². The average molecular weight is 423 g/mol. The predicted octanol–water partition coefficient (Wildman–Crippen LogP) is 4.35. The first kappa shape index (κ1) is 21.3. The van der Waals surface area contributed by atoms with Crippen molar-refractivity contribution in [1.29, 1.82) is 0 Å². The maximum Gasteiger partial charge on any atom is 0.244 e. The molecule has 0 aliphatic carbocycles. The van der Waals surface area contributed by atoms with Gasteiger partial charge in [-0.2, -0.15) is 11.3 Å². The molecule has 0 radical (unpaired) electrons. The highest BCUT2D eigenvalue weighted by Crippen LogP contribution is 2.28. The molecule has 1 unspecified atom stereocenters. The maximum atomic E-state index is 13.1. The van der Waals surface area contributed by atoms with Crippen LogP contribution in [-0.2, 0) is 10.0 Å². The van der Waals surface area contributed by atoms with Crippen LogP contribution in [0.2, 0.25) is 0 Å². The van der Waals surface area contributed by atoms with E-state index in [1.54, 1.807) is 23.5 Å². The summed E-state index contributed by atoms with van der Waals surface area (Å²) in [7, 11) is -3.67. The number of thiophene rings is 1. The summed E-state index contributed by atoms with van der Waals surface area (Å²) >= 11 is 1.65. The third-order valence-electron chi connectivity index (χ3n) is 5.16. The molecule has 0 bridgehead atoms. The number of sulfonamides is 1. The molecule has 5 nitrogen and oxygen atoms in total. The molecule has 0 amide bonds. The van der Waals surface area contributed by atoms with E-state index in [0.29, 0.717) is 18.9 Å². The van der Waals surface area contributed by atoms with E-state index in [-0.39, 0.29) is 10.9 Å². The second-order valence-corrected chi connectivity index (χ2v) is 9.77. The van der Waals surface area contributed by atoms with E-state index in [0.717, 1.165) is 18.7 Å². The highest BCUT2D eigenvalue weighted by atomic mass is 32.2. The number of hydrogen-bond acceptors (Lipinski definition) is 5.